The molecule has 5 heteroatoms. The van der Waals surface area contributed by atoms with Gasteiger partial charge in [0.1, 0.15) is 6.04 Å². The number of ether oxygens (including phenoxy) is 1. The molecule has 1 amide bonds. The van der Waals surface area contributed by atoms with Crippen LogP contribution in [0.2, 0.25) is 0 Å². The molecule has 0 bridgehead atoms. The lowest BCUT2D eigenvalue weighted by Gasteiger charge is -2.28. The van der Waals surface area contributed by atoms with Crippen LogP contribution in [0.1, 0.15) is 45.4 Å². The topological polar surface area (TPSA) is 75.6 Å². The predicted molar refractivity (Wildman–Crippen MR) is 67.3 cm³/mol. The van der Waals surface area contributed by atoms with Crippen molar-refractivity contribution >= 4 is 11.9 Å². The molecule has 1 saturated carbocycles. The van der Waals surface area contributed by atoms with Crippen LogP contribution in [0.5, 0.6) is 0 Å². The molecule has 0 heterocycles. The van der Waals surface area contributed by atoms with Crippen molar-refractivity contribution < 1.29 is 19.4 Å². The minimum Gasteiger partial charge on any atom is -0.480 e. The Morgan fingerprint density at radius 2 is 2.00 bits per heavy atom. The highest BCUT2D eigenvalue weighted by atomic mass is 16.5. The molecule has 0 radical (unpaired) electrons. The van der Waals surface area contributed by atoms with Crippen molar-refractivity contribution in [3.63, 3.8) is 0 Å². The SMILES string of the molecule is CCC1(C(=O)NC(CCOC)C(=O)O)CCCC1. The third kappa shape index (κ3) is 3.45. The highest BCUT2D eigenvalue weighted by Crippen LogP contribution is 2.41. The van der Waals surface area contributed by atoms with Gasteiger partial charge in [-0.05, 0) is 19.3 Å². The first-order valence-corrected chi connectivity index (χ1v) is 6.58. The fourth-order valence-electron chi connectivity index (χ4n) is 2.60. The van der Waals surface area contributed by atoms with E-state index < -0.39 is 12.0 Å². The van der Waals surface area contributed by atoms with Gasteiger partial charge in [-0.3, -0.25) is 4.79 Å². The molecule has 5 nitrogen and oxygen atoms in total. The van der Waals surface area contributed by atoms with Gasteiger partial charge in [-0.1, -0.05) is 19.8 Å². The van der Waals surface area contributed by atoms with Crippen molar-refractivity contribution in [3.05, 3.63) is 0 Å². The number of aliphatic carboxylic acids is 1. The minimum atomic E-state index is -0.996. The molecule has 0 aromatic carbocycles. The van der Waals surface area contributed by atoms with Gasteiger partial charge in [0, 0.05) is 25.6 Å². The average Bonchev–Trinajstić information content (AvgIpc) is 2.83. The van der Waals surface area contributed by atoms with E-state index in [0.717, 1.165) is 32.1 Å². The molecule has 104 valence electrons. The molecule has 0 aliphatic heterocycles. The quantitative estimate of drug-likeness (QED) is 0.725. The molecule has 1 aliphatic rings. The highest BCUT2D eigenvalue weighted by molar-refractivity contribution is 5.87. The van der Waals surface area contributed by atoms with Gasteiger partial charge in [0.2, 0.25) is 5.91 Å². The summed E-state index contributed by atoms with van der Waals surface area (Å²) in [6, 6.07) is -0.846. The Balaban J connectivity index is 2.62. The Morgan fingerprint density at radius 1 is 1.39 bits per heavy atom. The number of methoxy groups -OCH3 is 1. The standard InChI is InChI=1S/C13H23NO4/c1-3-13(7-4-5-8-13)12(17)14-10(11(15)16)6-9-18-2/h10H,3-9H2,1-2H3,(H,14,17)(H,15,16). The van der Waals surface area contributed by atoms with E-state index in [4.69, 9.17) is 9.84 Å². The number of carbonyl (C=O) groups excluding carboxylic acids is 1. The monoisotopic (exact) mass is 257 g/mol. The lowest BCUT2D eigenvalue weighted by Crippen LogP contribution is -2.48. The summed E-state index contributed by atoms with van der Waals surface area (Å²) in [6.07, 6.45) is 4.92. The summed E-state index contributed by atoms with van der Waals surface area (Å²) in [6.45, 7) is 2.33. The van der Waals surface area contributed by atoms with Crippen LogP contribution < -0.4 is 5.32 Å². The number of carbonyl (C=O) groups is 2. The Hall–Kier alpha value is -1.10. The van der Waals surface area contributed by atoms with Gasteiger partial charge in [-0.15, -0.1) is 0 Å². The summed E-state index contributed by atoms with van der Waals surface area (Å²) in [7, 11) is 1.52. The zero-order valence-corrected chi connectivity index (χ0v) is 11.2. The van der Waals surface area contributed by atoms with Crippen molar-refractivity contribution in [1.29, 1.82) is 0 Å². The molecule has 2 N–H and O–H groups in total. The third-order valence-electron chi connectivity index (χ3n) is 3.93. The molecule has 0 spiro atoms. The van der Waals surface area contributed by atoms with E-state index in [2.05, 4.69) is 5.32 Å². The highest BCUT2D eigenvalue weighted by Gasteiger charge is 2.40. The largest absolute Gasteiger partial charge is 0.480 e. The Morgan fingerprint density at radius 3 is 2.44 bits per heavy atom. The molecule has 1 atom stereocenters. The summed E-state index contributed by atoms with van der Waals surface area (Å²) in [4.78, 5) is 23.3. The van der Waals surface area contributed by atoms with Crippen LogP contribution >= 0.6 is 0 Å². The van der Waals surface area contributed by atoms with E-state index >= 15 is 0 Å². The van der Waals surface area contributed by atoms with Gasteiger partial charge in [0.15, 0.2) is 0 Å². The van der Waals surface area contributed by atoms with Gasteiger partial charge in [0.25, 0.3) is 0 Å². The summed E-state index contributed by atoms with van der Waals surface area (Å²) in [5, 5.41) is 11.7. The van der Waals surface area contributed by atoms with Crippen molar-refractivity contribution in [2.24, 2.45) is 5.41 Å². The van der Waals surface area contributed by atoms with Crippen molar-refractivity contribution in [2.45, 2.75) is 51.5 Å². The second-order valence-corrected chi connectivity index (χ2v) is 4.99. The number of carboxylic acids is 1. The van der Waals surface area contributed by atoms with Gasteiger partial charge >= 0.3 is 5.97 Å². The van der Waals surface area contributed by atoms with Crippen LogP contribution in [0.4, 0.5) is 0 Å². The number of nitrogens with one attached hydrogen (secondary N) is 1. The Kier molecular flexibility index (Phi) is 5.59. The normalized spacial score (nSPS) is 19.4. The summed E-state index contributed by atoms with van der Waals surface area (Å²) >= 11 is 0. The van der Waals surface area contributed by atoms with Crippen LogP contribution in [0.25, 0.3) is 0 Å². The third-order valence-corrected chi connectivity index (χ3v) is 3.93. The van der Waals surface area contributed by atoms with Crippen molar-refractivity contribution in [1.82, 2.24) is 5.32 Å². The summed E-state index contributed by atoms with van der Waals surface area (Å²) < 4.78 is 4.87. The number of hydrogen-bond acceptors (Lipinski definition) is 3. The van der Waals surface area contributed by atoms with Crippen LogP contribution in [0.3, 0.4) is 0 Å². The summed E-state index contributed by atoms with van der Waals surface area (Å²) in [5.41, 5.74) is -0.346. The molecule has 0 aromatic heterocycles. The molecule has 1 unspecified atom stereocenters. The van der Waals surface area contributed by atoms with Gasteiger partial charge in [0.05, 0.1) is 0 Å². The van der Waals surface area contributed by atoms with E-state index in [-0.39, 0.29) is 11.3 Å². The number of amides is 1. The summed E-state index contributed by atoms with van der Waals surface area (Å²) in [5.74, 6) is -1.10. The maximum absolute atomic E-state index is 12.3. The Labute approximate surface area is 108 Å². The fraction of sp³-hybridized carbons (Fsp3) is 0.846. The molecular formula is C13H23NO4. The lowest BCUT2D eigenvalue weighted by molar-refractivity contribution is -0.144. The molecule has 18 heavy (non-hydrogen) atoms. The van der Waals surface area contributed by atoms with Crippen LogP contribution in [-0.2, 0) is 14.3 Å². The first kappa shape index (κ1) is 15.0. The van der Waals surface area contributed by atoms with Crippen LogP contribution in [0.15, 0.2) is 0 Å². The lowest BCUT2D eigenvalue weighted by atomic mass is 9.82. The second-order valence-electron chi connectivity index (χ2n) is 4.99. The number of rotatable bonds is 7. The zero-order chi connectivity index (χ0) is 13.6. The molecule has 0 aromatic rings. The van der Waals surface area contributed by atoms with Gasteiger partial charge in [-0.2, -0.15) is 0 Å². The Bertz CT molecular complexity index is 297. The maximum atomic E-state index is 12.3. The van der Waals surface area contributed by atoms with Crippen LogP contribution in [-0.4, -0.2) is 36.7 Å². The fourth-order valence-corrected chi connectivity index (χ4v) is 2.60. The van der Waals surface area contributed by atoms with Crippen LogP contribution in [0, 0.1) is 5.41 Å². The second kappa shape index (κ2) is 6.73. The molecular weight excluding hydrogens is 234 g/mol. The van der Waals surface area contributed by atoms with Crippen molar-refractivity contribution in [3.8, 4) is 0 Å². The average molecular weight is 257 g/mol. The minimum absolute atomic E-state index is 0.106. The number of carboxylic acid groups (broad SMARTS) is 1. The smallest absolute Gasteiger partial charge is 0.326 e. The molecule has 1 rings (SSSR count). The van der Waals surface area contributed by atoms with Gasteiger partial charge in [-0.25, -0.2) is 4.79 Å². The van der Waals surface area contributed by atoms with E-state index in [9.17, 15) is 9.59 Å². The van der Waals surface area contributed by atoms with E-state index in [0.29, 0.717) is 13.0 Å². The van der Waals surface area contributed by atoms with E-state index in [1.165, 1.54) is 7.11 Å². The van der Waals surface area contributed by atoms with Gasteiger partial charge < -0.3 is 15.2 Å². The maximum Gasteiger partial charge on any atom is 0.326 e. The first-order valence-electron chi connectivity index (χ1n) is 6.58. The first-order chi connectivity index (χ1) is 8.55. The predicted octanol–water partition coefficient (Wildman–Crippen LogP) is 1.56. The van der Waals surface area contributed by atoms with E-state index in [1.807, 2.05) is 6.92 Å². The van der Waals surface area contributed by atoms with Crippen molar-refractivity contribution in [2.75, 3.05) is 13.7 Å². The van der Waals surface area contributed by atoms with E-state index in [1.54, 1.807) is 0 Å². The number of hydrogen-bond donors (Lipinski definition) is 2. The molecule has 1 fully saturated rings. The zero-order valence-electron chi connectivity index (χ0n) is 11.2. The molecule has 0 saturated heterocycles. The molecule has 1 aliphatic carbocycles.